The maximum atomic E-state index is 14.1. The maximum Gasteiger partial charge on any atom is 0.191 e. The van der Waals surface area contributed by atoms with Gasteiger partial charge in [0.25, 0.3) is 0 Å². The van der Waals surface area contributed by atoms with E-state index in [1.165, 1.54) is 10.7 Å². The predicted molar refractivity (Wildman–Crippen MR) is 76.2 cm³/mol. The Morgan fingerprint density at radius 1 is 1.10 bits per heavy atom. The third-order valence-electron chi connectivity index (χ3n) is 3.25. The summed E-state index contributed by atoms with van der Waals surface area (Å²) in [5.41, 5.74) is 2.50. The molecule has 0 amide bonds. The number of hydrogen-bond acceptors (Lipinski definition) is 3. The van der Waals surface area contributed by atoms with Crippen molar-refractivity contribution in [2.45, 2.75) is 6.92 Å². The Balaban J connectivity index is 2.31. The van der Waals surface area contributed by atoms with Crippen molar-refractivity contribution >= 4 is 0 Å². The van der Waals surface area contributed by atoms with Crippen LogP contribution >= 0.6 is 0 Å². The molecule has 102 valence electrons. The summed E-state index contributed by atoms with van der Waals surface area (Å²) < 4.78 is 15.6. The van der Waals surface area contributed by atoms with Crippen molar-refractivity contribution in [2.75, 3.05) is 0 Å². The fourth-order valence-electron chi connectivity index (χ4n) is 2.22. The maximum absolute atomic E-state index is 14.1. The number of rotatable bonds is 2. The van der Waals surface area contributed by atoms with Gasteiger partial charge in [-0.05, 0) is 30.7 Å². The first kappa shape index (κ1) is 13.0. The van der Waals surface area contributed by atoms with Crippen molar-refractivity contribution in [3.8, 4) is 23.0 Å². The van der Waals surface area contributed by atoms with Gasteiger partial charge in [-0.3, -0.25) is 0 Å². The third-order valence-corrected chi connectivity index (χ3v) is 3.25. The van der Waals surface area contributed by atoms with Crippen LogP contribution in [-0.2, 0) is 0 Å². The number of aryl methyl sites for hydroxylation is 1. The molecule has 0 radical (unpaired) electrons. The zero-order chi connectivity index (χ0) is 14.8. The lowest BCUT2D eigenvalue weighted by molar-refractivity contribution is 0.629. The molecule has 0 bridgehead atoms. The summed E-state index contributed by atoms with van der Waals surface area (Å²) in [6.45, 7) is 1.92. The smallest absolute Gasteiger partial charge is 0.191 e. The average Bonchev–Trinajstić information content (AvgIpc) is 2.92. The molecule has 0 aliphatic heterocycles. The lowest BCUT2D eigenvalue weighted by atomic mass is 10.1. The Kier molecular flexibility index (Phi) is 3.20. The fourth-order valence-corrected chi connectivity index (χ4v) is 2.22. The highest BCUT2D eigenvalue weighted by atomic mass is 19.1. The molecule has 0 unspecified atom stereocenters. The summed E-state index contributed by atoms with van der Waals surface area (Å²) in [5, 5.41) is 17.1. The Morgan fingerprint density at radius 2 is 1.81 bits per heavy atom. The molecule has 0 aliphatic carbocycles. The van der Waals surface area contributed by atoms with E-state index in [-0.39, 0.29) is 5.69 Å². The molecule has 0 atom stereocenters. The molecule has 2 aromatic carbocycles. The van der Waals surface area contributed by atoms with Gasteiger partial charge in [0.2, 0.25) is 0 Å². The second-order valence-corrected chi connectivity index (χ2v) is 4.58. The zero-order valence-corrected chi connectivity index (χ0v) is 11.3. The van der Waals surface area contributed by atoms with E-state index in [2.05, 4.69) is 10.3 Å². The summed E-state index contributed by atoms with van der Waals surface area (Å²) in [7, 11) is 0. The van der Waals surface area contributed by atoms with Gasteiger partial charge in [-0.2, -0.15) is 5.26 Å². The van der Waals surface area contributed by atoms with E-state index in [4.69, 9.17) is 0 Å². The van der Waals surface area contributed by atoms with Crippen molar-refractivity contribution in [1.29, 1.82) is 5.26 Å². The van der Waals surface area contributed by atoms with Crippen LogP contribution in [0.1, 0.15) is 11.3 Å². The van der Waals surface area contributed by atoms with Crippen molar-refractivity contribution in [3.63, 3.8) is 0 Å². The number of hydrogen-bond donors (Lipinski definition) is 0. The first-order valence-corrected chi connectivity index (χ1v) is 6.39. The van der Waals surface area contributed by atoms with Gasteiger partial charge in [0.15, 0.2) is 5.69 Å². The van der Waals surface area contributed by atoms with Gasteiger partial charge in [0, 0.05) is 5.56 Å². The lowest BCUT2D eigenvalue weighted by Gasteiger charge is -2.09. The molecule has 0 aliphatic rings. The molecule has 0 N–H and O–H groups in total. The molecule has 5 heteroatoms. The summed E-state index contributed by atoms with van der Waals surface area (Å²) in [6.07, 6.45) is 0. The van der Waals surface area contributed by atoms with Crippen LogP contribution in [0.3, 0.4) is 0 Å². The van der Waals surface area contributed by atoms with E-state index < -0.39 is 5.82 Å². The second-order valence-electron chi connectivity index (χ2n) is 4.58. The molecule has 1 aromatic heterocycles. The summed E-state index contributed by atoms with van der Waals surface area (Å²) >= 11 is 0. The number of halogens is 1. The van der Waals surface area contributed by atoms with Crippen LogP contribution in [0, 0.1) is 24.1 Å². The van der Waals surface area contributed by atoms with Crippen LogP contribution in [0.25, 0.3) is 16.9 Å². The molecular weight excluding hydrogens is 267 g/mol. The van der Waals surface area contributed by atoms with Gasteiger partial charge in [0.1, 0.15) is 17.6 Å². The van der Waals surface area contributed by atoms with Gasteiger partial charge in [0.05, 0.1) is 5.69 Å². The van der Waals surface area contributed by atoms with Crippen molar-refractivity contribution in [3.05, 3.63) is 65.6 Å². The minimum Gasteiger partial charge on any atom is -0.211 e. The molecule has 3 rings (SSSR count). The molecule has 0 saturated heterocycles. The highest BCUT2D eigenvalue weighted by Gasteiger charge is 2.19. The van der Waals surface area contributed by atoms with Crippen LogP contribution in [0.15, 0.2) is 48.5 Å². The molecule has 0 saturated carbocycles. The minimum absolute atomic E-state index is 0.100. The highest BCUT2D eigenvalue weighted by Crippen LogP contribution is 2.28. The van der Waals surface area contributed by atoms with Crippen molar-refractivity contribution in [2.24, 2.45) is 0 Å². The van der Waals surface area contributed by atoms with E-state index >= 15 is 0 Å². The first-order chi connectivity index (χ1) is 10.2. The van der Waals surface area contributed by atoms with Gasteiger partial charge >= 0.3 is 0 Å². The van der Waals surface area contributed by atoms with Crippen LogP contribution in [0.2, 0.25) is 0 Å². The summed E-state index contributed by atoms with van der Waals surface area (Å²) in [4.78, 5) is 0. The molecule has 0 spiro atoms. The number of nitriles is 1. The quantitative estimate of drug-likeness (QED) is 0.723. The largest absolute Gasteiger partial charge is 0.211 e. The molecule has 3 aromatic rings. The van der Waals surface area contributed by atoms with Gasteiger partial charge in [-0.1, -0.05) is 35.5 Å². The minimum atomic E-state index is -0.411. The standard InChI is InChI=1S/C16H11FN4/c1-11-6-2-5-9-15(11)21-16(14(10-18)19-20-21)12-7-3-4-8-13(12)17/h2-9H,1H3. The van der Waals surface area contributed by atoms with Crippen molar-refractivity contribution in [1.82, 2.24) is 15.0 Å². The fraction of sp³-hybridized carbons (Fsp3) is 0.0625. The second kappa shape index (κ2) is 5.17. The van der Waals surface area contributed by atoms with Gasteiger partial charge < -0.3 is 0 Å². The Bertz CT molecular complexity index is 845. The molecule has 4 nitrogen and oxygen atoms in total. The topological polar surface area (TPSA) is 54.5 Å². The van der Waals surface area contributed by atoms with E-state index in [1.807, 2.05) is 37.3 Å². The van der Waals surface area contributed by atoms with Gasteiger partial charge in [-0.15, -0.1) is 5.10 Å². The van der Waals surface area contributed by atoms with E-state index in [0.717, 1.165) is 11.3 Å². The number of aromatic nitrogens is 3. The van der Waals surface area contributed by atoms with E-state index in [0.29, 0.717) is 11.3 Å². The summed E-state index contributed by atoms with van der Waals surface area (Å²) in [6, 6.07) is 15.8. The Labute approximate surface area is 121 Å². The zero-order valence-electron chi connectivity index (χ0n) is 11.3. The Hall–Kier alpha value is -3.00. The predicted octanol–water partition coefficient (Wildman–Crippen LogP) is 3.25. The number of nitrogens with zero attached hydrogens (tertiary/aromatic N) is 4. The van der Waals surface area contributed by atoms with E-state index in [9.17, 15) is 9.65 Å². The van der Waals surface area contributed by atoms with Crippen LogP contribution in [0.4, 0.5) is 4.39 Å². The van der Waals surface area contributed by atoms with E-state index in [1.54, 1.807) is 18.2 Å². The van der Waals surface area contributed by atoms with Crippen LogP contribution in [0.5, 0.6) is 0 Å². The number of para-hydroxylation sites is 1. The average molecular weight is 278 g/mol. The van der Waals surface area contributed by atoms with Crippen LogP contribution in [-0.4, -0.2) is 15.0 Å². The molecule has 0 fully saturated rings. The molecule has 21 heavy (non-hydrogen) atoms. The third kappa shape index (κ3) is 2.17. The number of benzene rings is 2. The Morgan fingerprint density at radius 3 is 2.52 bits per heavy atom. The van der Waals surface area contributed by atoms with Gasteiger partial charge in [-0.25, -0.2) is 9.07 Å². The molecular formula is C16H11FN4. The summed E-state index contributed by atoms with van der Waals surface area (Å²) in [5.74, 6) is -0.411. The highest BCUT2D eigenvalue weighted by molar-refractivity contribution is 5.68. The monoisotopic (exact) mass is 278 g/mol. The van der Waals surface area contributed by atoms with Crippen molar-refractivity contribution < 1.29 is 4.39 Å². The normalized spacial score (nSPS) is 10.3. The van der Waals surface area contributed by atoms with Crippen LogP contribution < -0.4 is 0 Å². The first-order valence-electron chi connectivity index (χ1n) is 6.39. The lowest BCUT2D eigenvalue weighted by Crippen LogP contribution is -2.02. The molecule has 1 heterocycles. The SMILES string of the molecule is Cc1ccccc1-n1nnc(C#N)c1-c1ccccc1F.